The average Bonchev–Trinajstić information content (AvgIpc) is 2.29. The van der Waals surface area contributed by atoms with Crippen molar-refractivity contribution in [1.82, 2.24) is 5.32 Å². The molecular formula is C12H17NO2. The van der Waals surface area contributed by atoms with Gasteiger partial charge >= 0.3 is 5.97 Å². The van der Waals surface area contributed by atoms with Crippen LogP contribution in [0, 0.1) is 5.92 Å². The number of hydrogen-bond acceptors (Lipinski definition) is 3. The fraction of sp³-hybridized carbons (Fsp3) is 0.417. The van der Waals surface area contributed by atoms with Crippen LogP contribution in [0.3, 0.4) is 0 Å². The summed E-state index contributed by atoms with van der Waals surface area (Å²) in [6.45, 7) is 0.640. The first-order valence-corrected chi connectivity index (χ1v) is 5.04. The van der Waals surface area contributed by atoms with Crippen molar-refractivity contribution < 1.29 is 9.53 Å². The third kappa shape index (κ3) is 3.72. The third-order valence-electron chi connectivity index (χ3n) is 2.31. The molecule has 0 radical (unpaired) electrons. The van der Waals surface area contributed by atoms with Crippen LogP contribution in [0.5, 0.6) is 0 Å². The predicted molar refractivity (Wildman–Crippen MR) is 59.6 cm³/mol. The van der Waals surface area contributed by atoms with Crippen LogP contribution in [-0.4, -0.2) is 26.7 Å². The minimum Gasteiger partial charge on any atom is -0.469 e. The maximum Gasteiger partial charge on any atom is 0.310 e. The van der Waals surface area contributed by atoms with Crippen LogP contribution in [0.4, 0.5) is 0 Å². The number of methoxy groups -OCH3 is 1. The molecule has 3 heteroatoms. The number of carbonyl (C=O) groups is 1. The van der Waals surface area contributed by atoms with Crippen molar-refractivity contribution in [1.29, 1.82) is 0 Å². The first kappa shape index (κ1) is 11.7. The lowest BCUT2D eigenvalue weighted by atomic mass is 9.99. The molecular weight excluding hydrogens is 190 g/mol. The van der Waals surface area contributed by atoms with E-state index in [1.165, 1.54) is 7.11 Å². The van der Waals surface area contributed by atoms with Crippen molar-refractivity contribution in [3.8, 4) is 0 Å². The second-order valence-corrected chi connectivity index (χ2v) is 3.47. The Morgan fingerprint density at radius 3 is 2.60 bits per heavy atom. The molecule has 0 spiro atoms. The number of benzene rings is 1. The van der Waals surface area contributed by atoms with Gasteiger partial charge in [0.2, 0.25) is 0 Å². The lowest BCUT2D eigenvalue weighted by molar-refractivity contribution is -0.145. The molecule has 1 rings (SSSR count). The zero-order chi connectivity index (χ0) is 11.1. The fourth-order valence-corrected chi connectivity index (χ4v) is 1.55. The van der Waals surface area contributed by atoms with Gasteiger partial charge in [-0.1, -0.05) is 30.3 Å². The van der Waals surface area contributed by atoms with E-state index in [0.29, 0.717) is 13.0 Å². The first-order chi connectivity index (χ1) is 7.27. The molecule has 1 unspecified atom stereocenters. The van der Waals surface area contributed by atoms with E-state index in [1.807, 2.05) is 37.4 Å². The van der Waals surface area contributed by atoms with Gasteiger partial charge in [0.05, 0.1) is 13.0 Å². The molecule has 15 heavy (non-hydrogen) atoms. The second-order valence-electron chi connectivity index (χ2n) is 3.47. The van der Waals surface area contributed by atoms with E-state index in [2.05, 4.69) is 5.32 Å². The highest BCUT2D eigenvalue weighted by atomic mass is 16.5. The summed E-state index contributed by atoms with van der Waals surface area (Å²) in [7, 11) is 3.26. The van der Waals surface area contributed by atoms with Gasteiger partial charge in [-0.15, -0.1) is 0 Å². The summed E-state index contributed by atoms with van der Waals surface area (Å²) >= 11 is 0. The molecule has 0 saturated heterocycles. The highest BCUT2D eigenvalue weighted by Gasteiger charge is 2.18. The number of esters is 1. The highest BCUT2D eigenvalue weighted by molar-refractivity contribution is 5.72. The van der Waals surface area contributed by atoms with Gasteiger partial charge in [0.15, 0.2) is 0 Å². The monoisotopic (exact) mass is 207 g/mol. The van der Waals surface area contributed by atoms with Gasteiger partial charge in [0.1, 0.15) is 0 Å². The van der Waals surface area contributed by atoms with E-state index < -0.39 is 0 Å². The number of nitrogens with one attached hydrogen (secondary N) is 1. The molecule has 1 atom stereocenters. The molecule has 0 amide bonds. The SMILES string of the molecule is CNCC(Cc1ccccc1)C(=O)OC. The van der Waals surface area contributed by atoms with Crippen LogP contribution >= 0.6 is 0 Å². The zero-order valence-electron chi connectivity index (χ0n) is 9.19. The van der Waals surface area contributed by atoms with Crippen molar-refractivity contribution in [2.45, 2.75) is 6.42 Å². The molecule has 0 bridgehead atoms. The Bertz CT molecular complexity index is 298. The summed E-state index contributed by atoms with van der Waals surface area (Å²) < 4.78 is 4.76. The zero-order valence-corrected chi connectivity index (χ0v) is 9.19. The molecule has 3 nitrogen and oxygen atoms in total. The average molecular weight is 207 g/mol. The van der Waals surface area contributed by atoms with Crippen molar-refractivity contribution in [2.24, 2.45) is 5.92 Å². The largest absolute Gasteiger partial charge is 0.469 e. The lowest BCUT2D eigenvalue weighted by Gasteiger charge is -2.13. The molecule has 1 N–H and O–H groups in total. The van der Waals surface area contributed by atoms with Gasteiger partial charge in [-0.25, -0.2) is 0 Å². The fourth-order valence-electron chi connectivity index (χ4n) is 1.55. The maximum atomic E-state index is 11.4. The number of hydrogen-bond donors (Lipinski definition) is 1. The highest BCUT2D eigenvalue weighted by Crippen LogP contribution is 2.09. The van der Waals surface area contributed by atoms with Crippen LogP contribution in [0.15, 0.2) is 30.3 Å². The maximum absolute atomic E-state index is 11.4. The molecule has 0 fully saturated rings. The van der Waals surface area contributed by atoms with Crippen LogP contribution in [-0.2, 0) is 16.0 Å². The van der Waals surface area contributed by atoms with E-state index in [4.69, 9.17) is 4.74 Å². The summed E-state index contributed by atoms with van der Waals surface area (Å²) in [5.74, 6) is -0.268. The molecule has 0 aromatic heterocycles. The van der Waals surface area contributed by atoms with Gasteiger partial charge < -0.3 is 10.1 Å². The third-order valence-corrected chi connectivity index (χ3v) is 2.31. The number of ether oxygens (including phenoxy) is 1. The molecule has 1 aromatic carbocycles. The van der Waals surface area contributed by atoms with Crippen LogP contribution in [0.1, 0.15) is 5.56 Å². The van der Waals surface area contributed by atoms with Crippen LogP contribution < -0.4 is 5.32 Å². The summed E-state index contributed by atoms with van der Waals surface area (Å²) in [5.41, 5.74) is 1.16. The van der Waals surface area contributed by atoms with E-state index in [1.54, 1.807) is 0 Å². The number of carbonyl (C=O) groups excluding carboxylic acids is 1. The van der Waals surface area contributed by atoms with Crippen LogP contribution in [0.25, 0.3) is 0 Å². The van der Waals surface area contributed by atoms with Gasteiger partial charge in [0, 0.05) is 6.54 Å². The standard InChI is InChI=1S/C12H17NO2/c1-13-9-11(12(14)15-2)8-10-6-4-3-5-7-10/h3-7,11,13H,8-9H2,1-2H3. The molecule has 0 aliphatic carbocycles. The Morgan fingerprint density at radius 2 is 2.07 bits per heavy atom. The molecule has 0 aliphatic heterocycles. The van der Waals surface area contributed by atoms with Crippen molar-refractivity contribution in [3.05, 3.63) is 35.9 Å². The van der Waals surface area contributed by atoms with Gasteiger partial charge in [-0.2, -0.15) is 0 Å². The normalized spacial score (nSPS) is 12.1. The van der Waals surface area contributed by atoms with Crippen molar-refractivity contribution in [2.75, 3.05) is 20.7 Å². The Balaban J connectivity index is 2.62. The second kappa shape index (κ2) is 6.19. The Kier molecular flexibility index (Phi) is 4.84. The summed E-state index contributed by atoms with van der Waals surface area (Å²) in [6.07, 6.45) is 0.717. The van der Waals surface area contributed by atoms with E-state index in [0.717, 1.165) is 5.56 Å². The molecule has 1 aromatic rings. The summed E-state index contributed by atoms with van der Waals surface area (Å²) in [4.78, 5) is 11.4. The van der Waals surface area contributed by atoms with Crippen molar-refractivity contribution in [3.63, 3.8) is 0 Å². The predicted octanol–water partition coefficient (Wildman–Crippen LogP) is 1.24. The van der Waals surface area contributed by atoms with Gasteiger partial charge in [-0.05, 0) is 19.0 Å². The Labute approximate surface area is 90.4 Å². The molecule has 0 aliphatic rings. The number of rotatable bonds is 5. The topological polar surface area (TPSA) is 38.3 Å². The minimum absolute atomic E-state index is 0.109. The first-order valence-electron chi connectivity index (χ1n) is 5.04. The van der Waals surface area contributed by atoms with Gasteiger partial charge in [0.25, 0.3) is 0 Å². The van der Waals surface area contributed by atoms with Crippen LogP contribution in [0.2, 0.25) is 0 Å². The van der Waals surface area contributed by atoms with Gasteiger partial charge in [-0.3, -0.25) is 4.79 Å². The smallest absolute Gasteiger partial charge is 0.310 e. The minimum atomic E-state index is -0.159. The molecule has 0 saturated carbocycles. The van der Waals surface area contributed by atoms with E-state index >= 15 is 0 Å². The summed E-state index contributed by atoms with van der Waals surface area (Å²) in [5, 5.41) is 3.00. The summed E-state index contributed by atoms with van der Waals surface area (Å²) in [6, 6.07) is 9.96. The Hall–Kier alpha value is -1.35. The lowest BCUT2D eigenvalue weighted by Crippen LogP contribution is -2.29. The van der Waals surface area contributed by atoms with E-state index in [9.17, 15) is 4.79 Å². The quantitative estimate of drug-likeness (QED) is 0.738. The van der Waals surface area contributed by atoms with E-state index in [-0.39, 0.29) is 11.9 Å². The molecule has 0 heterocycles. The van der Waals surface area contributed by atoms with Crippen molar-refractivity contribution >= 4 is 5.97 Å². The Morgan fingerprint density at radius 1 is 1.40 bits per heavy atom. The molecule has 82 valence electrons.